The third-order valence-corrected chi connectivity index (χ3v) is 9.19. The summed E-state index contributed by atoms with van der Waals surface area (Å²) in [5.74, 6) is -1.97. The molecule has 2 aliphatic carbocycles. The molecule has 1 N–H and O–H groups in total. The van der Waals surface area contributed by atoms with Crippen LogP contribution >= 0.6 is 0 Å². The molecule has 12 heteroatoms. The number of ether oxygens (including phenoxy) is 1. The maximum atomic E-state index is 15.6. The van der Waals surface area contributed by atoms with E-state index in [9.17, 15) is 23.6 Å². The van der Waals surface area contributed by atoms with Crippen LogP contribution in [0.25, 0.3) is 11.1 Å². The monoisotopic (exact) mass is 659 g/mol. The summed E-state index contributed by atoms with van der Waals surface area (Å²) in [6, 6.07) is 9.88. The quantitative estimate of drug-likeness (QED) is 0.200. The van der Waals surface area contributed by atoms with Gasteiger partial charge in [0, 0.05) is 43.9 Å². The van der Waals surface area contributed by atoms with Gasteiger partial charge in [0.05, 0.1) is 6.20 Å². The molecule has 2 fully saturated rings. The number of urea groups is 1. The summed E-state index contributed by atoms with van der Waals surface area (Å²) < 4.78 is 36.3. The van der Waals surface area contributed by atoms with Gasteiger partial charge in [-0.15, -0.1) is 0 Å². The van der Waals surface area contributed by atoms with Crippen molar-refractivity contribution in [3.8, 4) is 11.1 Å². The van der Waals surface area contributed by atoms with Gasteiger partial charge in [-0.1, -0.05) is 29.8 Å². The Kier molecular flexibility index (Phi) is 8.69. The van der Waals surface area contributed by atoms with Crippen molar-refractivity contribution in [3.63, 3.8) is 0 Å². The van der Waals surface area contributed by atoms with Gasteiger partial charge >= 0.3 is 12.0 Å². The first-order valence-corrected chi connectivity index (χ1v) is 16.1. The van der Waals surface area contributed by atoms with E-state index in [1.807, 2.05) is 0 Å². The van der Waals surface area contributed by atoms with Crippen molar-refractivity contribution in [1.82, 2.24) is 24.9 Å². The molecule has 1 saturated carbocycles. The normalized spacial score (nSPS) is 22.1. The number of imide groups is 1. The molecule has 3 aromatic rings. The van der Waals surface area contributed by atoms with Crippen LogP contribution < -0.4 is 5.32 Å². The lowest BCUT2D eigenvalue weighted by molar-refractivity contribution is -0.148. The fourth-order valence-electron chi connectivity index (χ4n) is 6.90. The molecule has 10 nitrogen and oxygen atoms in total. The molecule has 252 valence electrons. The van der Waals surface area contributed by atoms with E-state index in [4.69, 9.17) is 4.74 Å². The molecule has 1 aliphatic heterocycles. The highest BCUT2D eigenvalue weighted by Gasteiger charge is 2.58. The van der Waals surface area contributed by atoms with Gasteiger partial charge in [-0.25, -0.2) is 18.4 Å². The minimum absolute atomic E-state index is 0.135. The highest BCUT2D eigenvalue weighted by atomic mass is 19.1. The van der Waals surface area contributed by atoms with E-state index in [-0.39, 0.29) is 19.0 Å². The molecule has 48 heavy (non-hydrogen) atoms. The number of carbonyl (C=O) groups excluding carboxylic acids is 4. The van der Waals surface area contributed by atoms with E-state index in [0.717, 1.165) is 21.6 Å². The summed E-state index contributed by atoms with van der Waals surface area (Å²) in [6.45, 7) is 5.00. The Morgan fingerprint density at radius 2 is 1.81 bits per heavy atom. The number of allylic oxidation sites excluding steroid dienone is 1. The van der Waals surface area contributed by atoms with Crippen LogP contribution in [0.2, 0.25) is 0 Å². The standard InChI is InChI=1S/C36H39F2N5O5/c1-35(2,3)48-32(45)15-22-7-12-27(13-8-22)42(19-23-5-10-26(37)11-6-23)31(44)21-43-33(46)36(40-34(43)47)17-30(38)28-16-24(9-14-29(28)36)25-18-39-41(4)20-25/h5-6,9-11,14-16,18,20,27,30H,7-8,12-13,17,19,21H2,1-4H3,(H,40,47)/t27?,30-,36+/m1/s1. The Balaban J connectivity index is 1.21. The molecule has 3 aliphatic rings. The minimum Gasteiger partial charge on any atom is -0.457 e. The average molecular weight is 660 g/mol. The zero-order valence-electron chi connectivity index (χ0n) is 27.5. The summed E-state index contributed by atoms with van der Waals surface area (Å²) in [7, 11) is 1.78. The van der Waals surface area contributed by atoms with Crippen molar-refractivity contribution in [1.29, 1.82) is 0 Å². The first-order valence-electron chi connectivity index (χ1n) is 16.1. The van der Waals surface area contributed by atoms with E-state index in [0.29, 0.717) is 42.4 Å². The number of hydrogen-bond acceptors (Lipinski definition) is 6. The zero-order valence-corrected chi connectivity index (χ0v) is 27.5. The molecule has 1 saturated heterocycles. The summed E-state index contributed by atoms with van der Waals surface area (Å²) in [5, 5.41) is 6.89. The zero-order chi connectivity index (χ0) is 34.4. The van der Waals surface area contributed by atoms with Gasteiger partial charge in [0.1, 0.15) is 29.7 Å². The molecule has 2 atom stereocenters. The van der Waals surface area contributed by atoms with Gasteiger partial charge in [-0.2, -0.15) is 5.10 Å². The molecule has 2 heterocycles. The van der Waals surface area contributed by atoms with Crippen molar-refractivity contribution < 1.29 is 32.7 Å². The number of nitrogens with one attached hydrogen (secondary N) is 1. The van der Waals surface area contributed by atoms with Crippen LogP contribution in [0.15, 0.2) is 66.5 Å². The van der Waals surface area contributed by atoms with E-state index in [1.54, 1.807) is 80.1 Å². The summed E-state index contributed by atoms with van der Waals surface area (Å²) in [6.07, 6.45) is 5.40. The van der Waals surface area contributed by atoms with E-state index in [2.05, 4.69) is 10.4 Å². The van der Waals surface area contributed by atoms with Crippen LogP contribution in [-0.2, 0) is 38.3 Å². The summed E-state index contributed by atoms with van der Waals surface area (Å²) >= 11 is 0. The number of esters is 1. The maximum absolute atomic E-state index is 15.6. The summed E-state index contributed by atoms with van der Waals surface area (Å²) in [4.78, 5) is 56.2. The second-order valence-corrected chi connectivity index (χ2v) is 13.8. The Morgan fingerprint density at radius 1 is 1.10 bits per heavy atom. The minimum atomic E-state index is -1.62. The fraction of sp³-hybridized carbons (Fsp3) is 0.417. The van der Waals surface area contributed by atoms with Crippen LogP contribution in [-0.4, -0.2) is 61.6 Å². The fourth-order valence-corrected chi connectivity index (χ4v) is 6.90. The molecule has 0 radical (unpaired) electrons. The van der Waals surface area contributed by atoms with Gasteiger partial charge in [0.25, 0.3) is 5.91 Å². The molecule has 4 amide bonds. The summed E-state index contributed by atoms with van der Waals surface area (Å²) in [5.41, 5.74) is 1.58. The van der Waals surface area contributed by atoms with Crippen molar-refractivity contribution in [3.05, 3.63) is 89.0 Å². The van der Waals surface area contributed by atoms with Crippen LogP contribution in [0.5, 0.6) is 0 Å². The van der Waals surface area contributed by atoms with E-state index in [1.165, 1.54) is 18.2 Å². The number of aryl methyl sites for hydroxylation is 1. The highest BCUT2D eigenvalue weighted by molar-refractivity contribution is 6.10. The largest absolute Gasteiger partial charge is 0.457 e. The number of nitrogens with zero attached hydrogens (tertiary/aromatic N) is 4. The Hall–Kier alpha value is -4.87. The molecular formula is C36H39F2N5O5. The van der Waals surface area contributed by atoms with Crippen molar-refractivity contribution >= 4 is 23.8 Å². The predicted molar refractivity (Wildman–Crippen MR) is 172 cm³/mol. The van der Waals surface area contributed by atoms with Crippen LogP contribution in [0.1, 0.15) is 75.7 Å². The SMILES string of the molecule is Cn1cc(-c2ccc3c(c2)[C@H](F)C[C@]32NC(=O)N(CC(=O)N(Cc3ccc(F)cc3)C3CCC(=CC(=O)OC(C)(C)C)CC3)C2=O)cn1. The number of hydrogen-bond donors (Lipinski definition) is 1. The Morgan fingerprint density at radius 3 is 2.46 bits per heavy atom. The predicted octanol–water partition coefficient (Wildman–Crippen LogP) is 5.63. The number of alkyl halides is 1. The Labute approximate surface area is 277 Å². The molecule has 2 aromatic carbocycles. The van der Waals surface area contributed by atoms with Gasteiger partial charge in [0.2, 0.25) is 5.91 Å². The van der Waals surface area contributed by atoms with Gasteiger partial charge in [-0.05, 0) is 86.9 Å². The lowest BCUT2D eigenvalue weighted by Crippen LogP contribution is -2.48. The van der Waals surface area contributed by atoms with Gasteiger partial charge in [0.15, 0.2) is 0 Å². The van der Waals surface area contributed by atoms with Gasteiger partial charge in [-0.3, -0.25) is 19.2 Å². The van der Waals surface area contributed by atoms with Crippen LogP contribution in [0.3, 0.4) is 0 Å². The molecular weight excluding hydrogens is 620 g/mol. The lowest BCUT2D eigenvalue weighted by Gasteiger charge is -2.36. The first kappa shape index (κ1) is 33.0. The topological polar surface area (TPSA) is 114 Å². The number of halogens is 2. The van der Waals surface area contributed by atoms with E-state index < -0.39 is 53.5 Å². The third-order valence-electron chi connectivity index (χ3n) is 9.19. The van der Waals surface area contributed by atoms with E-state index >= 15 is 4.39 Å². The van der Waals surface area contributed by atoms with Crippen molar-refractivity contribution in [2.45, 2.75) is 82.8 Å². The average Bonchev–Trinajstić information content (AvgIpc) is 3.65. The molecule has 6 rings (SSSR count). The number of rotatable bonds is 7. The second kappa shape index (κ2) is 12.6. The van der Waals surface area contributed by atoms with Gasteiger partial charge < -0.3 is 15.0 Å². The molecule has 0 bridgehead atoms. The molecule has 0 unspecified atom stereocenters. The second-order valence-electron chi connectivity index (χ2n) is 13.8. The smallest absolute Gasteiger partial charge is 0.331 e. The number of benzene rings is 2. The maximum Gasteiger partial charge on any atom is 0.331 e. The third kappa shape index (κ3) is 6.61. The Bertz CT molecular complexity index is 1790. The lowest BCUT2D eigenvalue weighted by atomic mass is 9.89. The van der Waals surface area contributed by atoms with Crippen molar-refractivity contribution in [2.24, 2.45) is 7.05 Å². The first-order chi connectivity index (χ1) is 22.7. The number of carbonyl (C=O) groups is 4. The highest BCUT2D eigenvalue weighted by Crippen LogP contribution is 2.49. The number of amides is 4. The number of fused-ring (bicyclic) bond motifs is 2. The van der Waals surface area contributed by atoms with Crippen LogP contribution in [0.4, 0.5) is 13.6 Å². The molecule has 1 spiro atoms. The van der Waals surface area contributed by atoms with Crippen LogP contribution in [0, 0.1) is 5.82 Å². The number of aromatic nitrogens is 2. The molecule has 1 aromatic heterocycles. The van der Waals surface area contributed by atoms with Crippen molar-refractivity contribution in [2.75, 3.05) is 6.54 Å².